The van der Waals surface area contributed by atoms with E-state index in [9.17, 15) is 0 Å². The van der Waals surface area contributed by atoms with E-state index in [0.717, 1.165) is 29.6 Å². The van der Waals surface area contributed by atoms with Crippen molar-refractivity contribution in [1.82, 2.24) is 4.98 Å². The summed E-state index contributed by atoms with van der Waals surface area (Å²) in [6.07, 6.45) is 2.02. The highest BCUT2D eigenvalue weighted by Crippen LogP contribution is 2.24. The summed E-state index contributed by atoms with van der Waals surface area (Å²) in [6, 6.07) is 8.24. The van der Waals surface area contributed by atoms with Gasteiger partial charge in [0.05, 0.1) is 12.1 Å². The zero-order valence-electron chi connectivity index (χ0n) is 11.2. The van der Waals surface area contributed by atoms with E-state index in [1.807, 2.05) is 19.1 Å². The average molecular weight is 340 g/mol. The lowest BCUT2D eigenvalue weighted by molar-refractivity contribution is 0.406. The van der Waals surface area contributed by atoms with Crippen LogP contribution < -0.4 is 4.74 Å². The van der Waals surface area contributed by atoms with Crippen molar-refractivity contribution < 1.29 is 4.74 Å². The molecule has 0 saturated carbocycles. The van der Waals surface area contributed by atoms with Crippen LogP contribution in [0.1, 0.15) is 16.3 Å². The van der Waals surface area contributed by atoms with Crippen LogP contribution in [-0.2, 0) is 12.8 Å². The Morgan fingerprint density at radius 2 is 2.11 bits per heavy atom. The molecule has 2 aromatic rings. The molecule has 1 heterocycles. The molecule has 1 atom stereocenters. The van der Waals surface area contributed by atoms with Gasteiger partial charge < -0.3 is 4.74 Å². The molecule has 0 saturated heterocycles. The average Bonchev–Trinajstić information content (AvgIpc) is 2.84. The SMILES string of the molecule is COc1ccccc1CC(CBr)Cc1nc(C)cs1. The van der Waals surface area contributed by atoms with Gasteiger partial charge in [-0.15, -0.1) is 11.3 Å². The molecule has 0 radical (unpaired) electrons. The summed E-state index contributed by atoms with van der Waals surface area (Å²) in [5, 5.41) is 4.31. The third-order valence-electron chi connectivity index (χ3n) is 3.05. The van der Waals surface area contributed by atoms with Gasteiger partial charge in [-0.05, 0) is 30.9 Å². The maximum Gasteiger partial charge on any atom is 0.122 e. The summed E-state index contributed by atoms with van der Waals surface area (Å²) in [5.41, 5.74) is 2.38. The van der Waals surface area contributed by atoms with E-state index in [-0.39, 0.29) is 0 Å². The highest BCUT2D eigenvalue weighted by Gasteiger charge is 2.14. The Balaban J connectivity index is 2.06. The van der Waals surface area contributed by atoms with Crippen molar-refractivity contribution in [1.29, 1.82) is 0 Å². The van der Waals surface area contributed by atoms with Crippen LogP contribution in [0.3, 0.4) is 0 Å². The number of methoxy groups -OCH3 is 1. The minimum Gasteiger partial charge on any atom is -0.496 e. The highest BCUT2D eigenvalue weighted by molar-refractivity contribution is 9.09. The van der Waals surface area contributed by atoms with Gasteiger partial charge in [-0.1, -0.05) is 34.1 Å². The maximum absolute atomic E-state index is 5.42. The second-order valence-electron chi connectivity index (χ2n) is 4.62. The van der Waals surface area contributed by atoms with Crippen LogP contribution in [0, 0.1) is 12.8 Å². The van der Waals surface area contributed by atoms with E-state index >= 15 is 0 Å². The number of hydrogen-bond donors (Lipinski definition) is 0. The molecular formula is C15H18BrNOS. The van der Waals surface area contributed by atoms with Crippen molar-refractivity contribution in [2.45, 2.75) is 19.8 Å². The Bertz CT molecular complexity index is 526. The van der Waals surface area contributed by atoms with Gasteiger partial charge in [-0.3, -0.25) is 0 Å². The molecule has 1 aromatic heterocycles. The van der Waals surface area contributed by atoms with E-state index in [1.165, 1.54) is 10.6 Å². The molecule has 102 valence electrons. The van der Waals surface area contributed by atoms with Gasteiger partial charge in [0.1, 0.15) is 5.75 Å². The second-order valence-corrected chi connectivity index (χ2v) is 6.21. The third-order valence-corrected chi connectivity index (χ3v) is 4.95. The quantitative estimate of drug-likeness (QED) is 0.733. The lowest BCUT2D eigenvalue weighted by Crippen LogP contribution is -2.10. The molecule has 2 rings (SSSR count). The molecule has 0 aliphatic heterocycles. The summed E-state index contributed by atoms with van der Waals surface area (Å²) < 4.78 is 5.42. The van der Waals surface area contributed by atoms with Crippen molar-refractivity contribution in [3.8, 4) is 5.75 Å². The number of alkyl halides is 1. The van der Waals surface area contributed by atoms with Gasteiger partial charge in [0.15, 0.2) is 0 Å². The fraction of sp³-hybridized carbons (Fsp3) is 0.400. The number of thiazole rings is 1. The number of benzene rings is 1. The molecule has 4 heteroatoms. The zero-order valence-corrected chi connectivity index (χ0v) is 13.6. The first-order valence-electron chi connectivity index (χ1n) is 6.31. The standard InChI is InChI=1S/C15H18BrNOS/c1-11-10-19-15(17-11)8-12(9-16)7-13-5-3-4-6-14(13)18-2/h3-6,10,12H,7-9H2,1-2H3. The predicted octanol–water partition coefficient (Wildman–Crippen LogP) is 4.26. The molecule has 0 spiro atoms. The lowest BCUT2D eigenvalue weighted by Gasteiger charge is -2.15. The Morgan fingerprint density at radius 1 is 1.32 bits per heavy atom. The predicted molar refractivity (Wildman–Crippen MR) is 84.5 cm³/mol. The number of aromatic nitrogens is 1. The van der Waals surface area contributed by atoms with Crippen molar-refractivity contribution in [2.24, 2.45) is 5.92 Å². The number of rotatable bonds is 6. The summed E-state index contributed by atoms with van der Waals surface area (Å²) in [4.78, 5) is 4.55. The van der Waals surface area contributed by atoms with E-state index in [4.69, 9.17) is 4.74 Å². The van der Waals surface area contributed by atoms with Crippen molar-refractivity contribution >= 4 is 27.3 Å². The Kier molecular flexibility index (Phi) is 5.40. The summed E-state index contributed by atoms with van der Waals surface area (Å²) >= 11 is 5.37. The van der Waals surface area contributed by atoms with Crippen LogP contribution in [0.4, 0.5) is 0 Å². The smallest absolute Gasteiger partial charge is 0.122 e. The maximum atomic E-state index is 5.42. The zero-order chi connectivity index (χ0) is 13.7. The largest absolute Gasteiger partial charge is 0.496 e. The van der Waals surface area contributed by atoms with Crippen LogP contribution in [-0.4, -0.2) is 17.4 Å². The number of para-hydroxylation sites is 1. The first-order chi connectivity index (χ1) is 9.22. The van der Waals surface area contributed by atoms with Crippen LogP contribution in [0.25, 0.3) is 0 Å². The molecule has 2 nitrogen and oxygen atoms in total. The van der Waals surface area contributed by atoms with E-state index in [0.29, 0.717) is 5.92 Å². The molecule has 0 aliphatic rings. The normalized spacial score (nSPS) is 12.4. The van der Waals surface area contributed by atoms with Crippen molar-refractivity contribution in [2.75, 3.05) is 12.4 Å². The lowest BCUT2D eigenvalue weighted by atomic mass is 9.97. The van der Waals surface area contributed by atoms with E-state index in [2.05, 4.69) is 38.4 Å². The van der Waals surface area contributed by atoms with Crippen LogP contribution in [0.5, 0.6) is 5.75 Å². The fourth-order valence-electron chi connectivity index (χ4n) is 2.11. The van der Waals surface area contributed by atoms with Crippen molar-refractivity contribution in [3.05, 3.63) is 45.9 Å². The molecule has 0 N–H and O–H groups in total. The summed E-state index contributed by atoms with van der Waals surface area (Å²) in [5.74, 6) is 1.52. The molecule has 1 aromatic carbocycles. The Morgan fingerprint density at radius 3 is 2.74 bits per heavy atom. The Labute approximate surface area is 127 Å². The van der Waals surface area contributed by atoms with Gasteiger partial charge >= 0.3 is 0 Å². The van der Waals surface area contributed by atoms with Gasteiger partial charge in [-0.25, -0.2) is 4.98 Å². The molecule has 19 heavy (non-hydrogen) atoms. The topological polar surface area (TPSA) is 22.1 Å². The van der Waals surface area contributed by atoms with E-state index in [1.54, 1.807) is 18.4 Å². The van der Waals surface area contributed by atoms with Gasteiger partial charge in [0.25, 0.3) is 0 Å². The number of nitrogens with zero attached hydrogens (tertiary/aromatic N) is 1. The van der Waals surface area contributed by atoms with Gasteiger partial charge in [0.2, 0.25) is 0 Å². The minimum absolute atomic E-state index is 0.543. The van der Waals surface area contributed by atoms with E-state index < -0.39 is 0 Å². The molecule has 1 unspecified atom stereocenters. The van der Waals surface area contributed by atoms with Crippen LogP contribution in [0.15, 0.2) is 29.6 Å². The van der Waals surface area contributed by atoms with Gasteiger partial charge in [0, 0.05) is 22.8 Å². The molecular weight excluding hydrogens is 322 g/mol. The number of ether oxygens (including phenoxy) is 1. The monoisotopic (exact) mass is 339 g/mol. The molecule has 0 amide bonds. The highest BCUT2D eigenvalue weighted by atomic mass is 79.9. The number of hydrogen-bond acceptors (Lipinski definition) is 3. The number of halogens is 1. The first kappa shape index (κ1) is 14.5. The molecule has 0 fully saturated rings. The Hall–Kier alpha value is -0.870. The first-order valence-corrected chi connectivity index (χ1v) is 8.32. The summed E-state index contributed by atoms with van der Waals surface area (Å²) in [6.45, 7) is 2.05. The van der Waals surface area contributed by atoms with Crippen molar-refractivity contribution in [3.63, 3.8) is 0 Å². The molecule has 0 aliphatic carbocycles. The van der Waals surface area contributed by atoms with Crippen LogP contribution >= 0.6 is 27.3 Å². The summed E-state index contributed by atoms with van der Waals surface area (Å²) in [7, 11) is 1.73. The fourth-order valence-corrected chi connectivity index (χ4v) is 3.45. The third kappa shape index (κ3) is 4.05. The van der Waals surface area contributed by atoms with Gasteiger partial charge in [-0.2, -0.15) is 0 Å². The number of aryl methyl sites for hydroxylation is 1. The minimum atomic E-state index is 0.543. The molecule has 0 bridgehead atoms. The van der Waals surface area contributed by atoms with Crippen LogP contribution in [0.2, 0.25) is 0 Å². The second kappa shape index (κ2) is 7.06.